The van der Waals surface area contributed by atoms with E-state index in [-0.39, 0.29) is 23.1 Å². The van der Waals surface area contributed by atoms with Gasteiger partial charge >= 0.3 is 0 Å². The average Bonchev–Trinajstić information content (AvgIpc) is 2.45. The second-order valence-corrected chi connectivity index (χ2v) is 6.20. The van der Waals surface area contributed by atoms with Crippen molar-refractivity contribution >= 4 is 27.3 Å². The summed E-state index contributed by atoms with van der Waals surface area (Å²) in [6, 6.07) is 3.94. The van der Waals surface area contributed by atoms with E-state index in [1.165, 1.54) is 12.1 Å². The largest absolute Gasteiger partial charge is 0.398 e. The summed E-state index contributed by atoms with van der Waals surface area (Å²) in [5.41, 5.74) is 6.45. The maximum atomic E-state index is 11.9. The first-order valence-corrected chi connectivity index (χ1v) is 7.87. The van der Waals surface area contributed by atoms with E-state index in [0.29, 0.717) is 18.8 Å². The molecule has 1 saturated heterocycles. The third kappa shape index (κ3) is 3.26. The quantitative estimate of drug-likeness (QED) is 0.606. The first-order valence-electron chi connectivity index (χ1n) is 6.33. The van der Waals surface area contributed by atoms with Crippen molar-refractivity contribution in [3.05, 3.63) is 18.2 Å². The molecule has 1 aliphatic heterocycles. The van der Waals surface area contributed by atoms with E-state index in [4.69, 9.17) is 15.6 Å². The summed E-state index contributed by atoms with van der Waals surface area (Å²) < 4.78 is 28.0. The summed E-state index contributed by atoms with van der Waals surface area (Å²) in [6.07, 6.45) is 0. The number of nitrogen functional groups attached to an aromatic ring is 1. The van der Waals surface area contributed by atoms with Crippen LogP contribution in [0.4, 0.5) is 11.4 Å². The molecule has 1 heterocycles. The second kappa shape index (κ2) is 5.88. The van der Waals surface area contributed by atoms with Crippen molar-refractivity contribution in [2.45, 2.75) is 10.9 Å². The van der Waals surface area contributed by atoms with Gasteiger partial charge in [-0.15, -0.1) is 0 Å². The Kier molecular flexibility index (Phi) is 4.35. The predicted octanol–water partition coefficient (Wildman–Crippen LogP) is -1.13. The molecule has 0 aliphatic carbocycles. The molecule has 1 amide bonds. The van der Waals surface area contributed by atoms with Gasteiger partial charge in [-0.3, -0.25) is 4.79 Å². The first-order chi connectivity index (χ1) is 9.84. The minimum atomic E-state index is -3.86. The lowest BCUT2D eigenvalue weighted by Gasteiger charge is -2.36. The van der Waals surface area contributed by atoms with Crippen molar-refractivity contribution in [3.8, 4) is 0 Å². The van der Waals surface area contributed by atoms with Gasteiger partial charge in [0.1, 0.15) is 10.9 Å². The van der Waals surface area contributed by atoms with Crippen LogP contribution in [-0.4, -0.2) is 47.2 Å². The van der Waals surface area contributed by atoms with Gasteiger partial charge in [-0.25, -0.2) is 13.6 Å². The maximum Gasteiger partial charge on any atom is 0.244 e. The van der Waals surface area contributed by atoms with Crippen LogP contribution in [0.5, 0.6) is 0 Å². The van der Waals surface area contributed by atoms with Crippen molar-refractivity contribution in [3.63, 3.8) is 0 Å². The first kappa shape index (κ1) is 15.5. The number of rotatable bonds is 3. The van der Waals surface area contributed by atoms with Gasteiger partial charge in [-0.1, -0.05) is 0 Å². The predicted molar refractivity (Wildman–Crippen MR) is 78.2 cm³/mol. The monoisotopic (exact) mass is 314 g/mol. The highest BCUT2D eigenvalue weighted by Crippen LogP contribution is 2.26. The van der Waals surface area contributed by atoms with Gasteiger partial charge in [-0.2, -0.15) is 0 Å². The maximum absolute atomic E-state index is 11.9. The highest BCUT2D eigenvalue weighted by Gasteiger charge is 2.29. The molecule has 0 spiro atoms. The number of nitrogens with one attached hydrogen (secondary N) is 1. The van der Waals surface area contributed by atoms with Gasteiger partial charge in [0.25, 0.3) is 0 Å². The SMILES string of the molecule is CNC(=O)C1COCCN1c1ccc(S(N)(=O)=O)c(N)c1. The highest BCUT2D eigenvalue weighted by atomic mass is 32.2. The molecule has 2 rings (SSSR count). The molecule has 5 N–H and O–H groups in total. The Hall–Kier alpha value is -1.84. The van der Waals surface area contributed by atoms with Crippen LogP contribution in [0, 0.1) is 0 Å². The lowest BCUT2D eigenvalue weighted by Crippen LogP contribution is -2.53. The Morgan fingerprint density at radius 2 is 2.19 bits per heavy atom. The Morgan fingerprint density at radius 1 is 1.48 bits per heavy atom. The molecule has 0 aromatic heterocycles. The van der Waals surface area contributed by atoms with Gasteiger partial charge in [0, 0.05) is 19.3 Å². The Bertz CT molecular complexity index is 647. The smallest absolute Gasteiger partial charge is 0.244 e. The van der Waals surface area contributed by atoms with Crippen LogP contribution in [0.25, 0.3) is 0 Å². The molecule has 116 valence electrons. The molecule has 9 heteroatoms. The van der Waals surface area contributed by atoms with Crippen LogP contribution < -0.4 is 21.1 Å². The van der Waals surface area contributed by atoms with E-state index in [1.54, 1.807) is 13.1 Å². The van der Waals surface area contributed by atoms with Crippen molar-refractivity contribution in [1.29, 1.82) is 0 Å². The number of nitrogens with two attached hydrogens (primary N) is 2. The molecule has 1 aliphatic rings. The van der Waals surface area contributed by atoms with Gasteiger partial charge in [-0.05, 0) is 18.2 Å². The topological polar surface area (TPSA) is 128 Å². The number of carbonyl (C=O) groups is 1. The number of primary sulfonamides is 1. The number of sulfonamides is 1. The van der Waals surface area contributed by atoms with E-state index >= 15 is 0 Å². The van der Waals surface area contributed by atoms with Gasteiger partial charge in [0.2, 0.25) is 15.9 Å². The summed E-state index contributed by atoms with van der Waals surface area (Å²) >= 11 is 0. The summed E-state index contributed by atoms with van der Waals surface area (Å²) in [5.74, 6) is -0.177. The van der Waals surface area contributed by atoms with Crippen LogP contribution in [0.15, 0.2) is 23.1 Å². The molecule has 1 aromatic rings. The second-order valence-electron chi connectivity index (χ2n) is 4.67. The number of hydrogen-bond donors (Lipinski definition) is 3. The number of anilines is 2. The van der Waals surface area contributed by atoms with Gasteiger partial charge in [0.05, 0.1) is 18.9 Å². The fraction of sp³-hybridized carbons (Fsp3) is 0.417. The zero-order valence-corrected chi connectivity index (χ0v) is 12.4. The molecular weight excluding hydrogens is 296 g/mol. The lowest BCUT2D eigenvalue weighted by molar-refractivity contribution is -0.124. The fourth-order valence-electron chi connectivity index (χ4n) is 2.27. The molecule has 0 saturated carbocycles. The van der Waals surface area contributed by atoms with Crippen molar-refractivity contribution in [2.75, 3.05) is 37.4 Å². The standard InChI is InChI=1S/C12H18N4O4S/c1-15-12(17)10-7-20-5-4-16(10)8-2-3-11(9(13)6-8)21(14,18)19/h2-3,6,10H,4-5,7,13H2,1H3,(H,15,17)(H2,14,18,19). The number of morpholine rings is 1. The van der Waals surface area contributed by atoms with Crippen molar-refractivity contribution in [2.24, 2.45) is 5.14 Å². The lowest BCUT2D eigenvalue weighted by atomic mass is 10.1. The van der Waals surface area contributed by atoms with Crippen LogP contribution >= 0.6 is 0 Å². The Labute approximate surface area is 123 Å². The summed E-state index contributed by atoms with van der Waals surface area (Å²) in [6.45, 7) is 1.24. The summed E-state index contributed by atoms with van der Waals surface area (Å²) in [7, 11) is -2.31. The summed E-state index contributed by atoms with van der Waals surface area (Å²) in [5, 5.41) is 7.65. The zero-order valence-electron chi connectivity index (χ0n) is 11.6. The minimum absolute atomic E-state index is 0.0529. The van der Waals surface area contributed by atoms with Crippen LogP contribution in [0.3, 0.4) is 0 Å². The number of carbonyl (C=O) groups excluding carboxylic acids is 1. The molecule has 1 atom stereocenters. The van der Waals surface area contributed by atoms with Crippen LogP contribution in [-0.2, 0) is 19.6 Å². The van der Waals surface area contributed by atoms with Gasteiger partial charge in [0.15, 0.2) is 0 Å². The third-order valence-electron chi connectivity index (χ3n) is 3.31. The van der Waals surface area contributed by atoms with Crippen molar-refractivity contribution < 1.29 is 17.9 Å². The van der Waals surface area contributed by atoms with E-state index in [1.807, 2.05) is 4.90 Å². The number of amides is 1. The third-order valence-corrected chi connectivity index (χ3v) is 4.29. The van der Waals surface area contributed by atoms with E-state index in [0.717, 1.165) is 0 Å². The number of benzene rings is 1. The average molecular weight is 314 g/mol. The Morgan fingerprint density at radius 3 is 2.76 bits per heavy atom. The zero-order chi connectivity index (χ0) is 15.6. The van der Waals surface area contributed by atoms with E-state index in [2.05, 4.69) is 5.32 Å². The van der Waals surface area contributed by atoms with Crippen molar-refractivity contribution in [1.82, 2.24) is 5.32 Å². The van der Waals surface area contributed by atoms with Gasteiger partial charge < -0.3 is 20.7 Å². The molecule has 8 nitrogen and oxygen atoms in total. The number of nitrogens with zero attached hydrogens (tertiary/aromatic N) is 1. The molecule has 1 unspecified atom stereocenters. The minimum Gasteiger partial charge on any atom is -0.398 e. The molecule has 0 radical (unpaired) electrons. The molecule has 1 aromatic carbocycles. The normalized spacial score (nSPS) is 19.3. The molecule has 21 heavy (non-hydrogen) atoms. The molecule has 1 fully saturated rings. The van der Waals surface area contributed by atoms with Crippen LogP contribution in [0.2, 0.25) is 0 Å². The number of likely N-dealkylation sites (N-methyl/N-ethyl adjacent to an activating group) is 1. The fourth-order valence-corrected chi connectivity index (χ4v) is 2.92. The molecule has 0 bridgehead atoms. The summed E-state index contributed by atoms with van der Waals surface area (Å²) in [4.78, 5) is 13.6. The molecular formula is C12H18N4O4S. The van der Waals surface area contributed by atoms with E-state index < -0.39 is 16.1 Å². The highest BCUT2D eigenvalue weighted by molar-refractivity contribution is 7.89. The van der Waals surface area contributed by atoms with Crippen LogP contribution in [0.1, 0.15) is 0 Å². The van der Waals surface area contributed by atoms with E-state index in [9.17, 15) is 13.2 Å². The Balaban J connectivity index is 2.36. The number of hydrogen-bond acceptors (Lipinski definition) is 6. The number of ether oxygens (including phenoxy) is 1.